The van der Waals surface area contributed by atoms with Crippen molar-refractivity contribution in [2.24, 2.45) is 5.41 Å². The highest BCUT2D eigenvalue weighted by Crippen LogP contribution is 2.65. The number of hydrogen-bond donors (Lipinski definition) is 2. The second-order valence-electron chi connectivity index (χ2n) is 8.74. The van der Waals surface area contributed by atoms with Crippen LogP contribution in [0.2, 0.25) is 0 Å². The number of amides is 1. The number of nitrogens with zero attached hydrogens (tertiary/aromatic N) is 3. The average Bonchev–Trinajstić information content (AvgIpc) is 3.20. The predicted molar refractivity (Wildman–Crippen MR) is 115 cm³/mol. The van der Waals surface area contributed by atoms with Gasteiger partial charge in [-0.05, 0) is 71.9 Å². The molecule has 1 saturated heterocycles. The Kier molecular flexibility index (Phi) is 4.61. The molecule has 1 spiro atoms. The van der Waals surface area contributed by atoms with E-state index in [1.54, 1.807) is 12.1 Å². The molecule has 2 heterocycles. The topological polar surface area (TPSA) is 99.2 Å². The Morgan fingerprint density at radius 1 is 1.13 bits per heavy atom. The van der Waals surface area contributed by atoms with Gasteiger partial charge in [0.1, 0.15) is 5.69 Å². The lowest BCUT2D eigenvalue weighted by Gasteiger charge is -2.32. The number of carboxylic acids is 1. The van der Waals surface area contributed by atoms with Gasteiger partial charge in [0.25, 0.3) is 5.91 Å². The Hall–Kier alpha value is -3.48. The lowest BCUT2D eigenvalue weighted by molar-refractivity contribution is 0.0666. The van der Waals surface area contributed by atoms with Crippen molar-refractivity contribution >= 4 is 11.9 Å². The number of rotatable bonds is 4. The van der Waals surface area contributed by atoms with Crippen LogP contribution in [0.3, 0.4) is 0 Å². The fraction of sp³-hybridized carbons (Fsp3) is 0.333. The highest BCUT2D eigenvalue weighted by molar-refractivity contribution is 5.92. The molecule has 7 heteroatoms. The number of carbonyl (C=O) groups excluding carboxylic acids is 1. The first-order valence-electron chi connectivity index (χ1n) is 10.6. The van der Waals surface area contributed by atoms with E-state index in [9.17, 15) is 9.59 Å². The zero-order valence-corrected chi connectivity index (χ0v) is 17.3. The summed E-state index contributed by atoms with van der Waals surface area (Å²) in [5.41, 5.74) is 5.53. The van der Waals surface area contributed by atoms with Crippen LogP contribution in [0.5, 0.6) is 0 Å². The van der Waals surface area contributed by atoms with Gasteiger partial charge in [-0.15, -0.1) is 5.10 Å². The Bertz CT molecular complexity index is 1130. The van der Waals surface area contributed by atoms with E-state index in [0.29, 0.717) is 22.6 Å². The minimum Gasteiger partial charge on any atom is -0.478 e. The van der Waals surface area contributed by atoms with Crippen LogP contribution in [-0.4, -0.2) is 50.4 Å². The van der Waals surface area contributed by atoms with Crippen molar-refractivity contribution in [3.05, 3.63) is 71.0 Å². The molecule has 2 N–H and O–H groups in total. The summed E-state index contributed by atoms with van der Waals surface area (Å²) in [5.74, 6) is -0.383. The lowest BCUT2D eigenvalue weighted by Crippen LogP contribution is -2.39. The zero-order chi connectivity index (χ0) is 21.6. The number of nitrogens with one attached hydrogen (secondary N) is 1. The van der Waals surface area contributed by atoms with Gasteiger partial charge in [0.2, 0.25) is 0 Å². The summed E-state index contributed by atoms with van der Waals surface area (Å²) >= 11 is 0. The number of H-pyrrole nitrogens is 1. The van der Waals surface area contributed by atoms with Crippen LogP contribution in [0.15, 0.2) is 48.7 Å². The van der Waals surface area contributed by atoms with Crippen LogP contribution in [0.1, 0.15) is 57.2 Å². The molecule has 0 bridgehead atoms. The number of aromatic carboxylic acids is 1. The maximum Gasteiger partial charge on any atom is 0.335 e. The van der Waals surface area contributed by atoms with E-state index in [-0.39, 0.29) is 5.91 Å². The van der Waals surface area contributed by atoms with Crippen LogP contribution < -0.4 is 0 Å². The minimum absolute atomic E-state index is 0.0225. The quantitative estimate of drug-likeness (QED) is 0.672. The molecule has 0 radical (unpaired) electrons. The molecule has 1 amide bonds. The number of aromatic amines is 1. The Morgan fingerprint density at radius 3 is 2.48 bits per heavy atom. The molecule has 1 atom stereocenters. The monoisotopic (exact) mass is 416 g/mol. The van der Waals surface area contributed by atoms with Gasteiger partial charge in [-0.25, -0.2) is 4.79 Å². The summed E-state index contributed by atoms with van der Waals surface area (Å²) in [6.07, 6.45) is 4.68. The van der Waals surface area contributed by atoms with E-state index in [1.807, 2.05) is 17.9 Å². The second kappa shape index (κ2) is 7.34. The number of carbonyl (C=O) groups is 2. The summed E-state index contributed by atoms with van der Waals surface area (Å²) in [5, 5.41) is 19.1. The lowest BCUT2D eigenvalue weighted by atomic mass is 9.88. The van der Waals surface area contributed by atoms with E-state index in [1.165, 1.54) is 18.2 Å². The molecule has 3 aromatic rings. The summed E-state index contributed by atoms with van der Waals surface area (Å²) in [4.78, 5) is 25.5. The van der Waals surface area contributed by atoms with Gasteiger partial charge in [-0.2, -0.15) is 0 Å². The number of hydrogen-bond acceptors (Lipinski definition) is 4. The molecular weight excluding hydrogens is 392 g/mol. The van der Waals surface area contributed by atoms with E-state index in [2.05, 4.69) is 39.7 Å². The van der Waals surface area contributed by atoms with Gasteiger partial charge in [0, 0.05) is 13.1 Å². The fourth-order valence-electron chi connectivity index (χ4n) is 5.01. The van der Waals surface area contributed by atoms with Gasteiger partial charge < -0.3 is 10.0 Å². The smallest absolute Gasteiger partial charge is 0.335 e. The molecule has 2 aliphatic rings. The molecule has 2 aromatic carbocycles. The largest absolute Gasteiger partial charge is 0.478 e. The van der Waals surface area contributed by atoms with Gasteiger partial charge in [-0.3, -0.25) is 9.89 Å². The molecule has 1 aliphatic heterocycles. The molecule has 0 unspecified atom stereocenters. The minimum atomic E-state index is -0.905. The van der Waals surface area contributed by atoms with Gasteiger partial charge in [-0.1, -0.05) is 35.5 Å². The first-order chi connectivity index (χ1) is 15.0. The Labute approximate surface area is 180 Å². The molecule has 31 heavy (non-hydrogen) atoms. The molecule has 5 rings (SSSR count). The third-order valence-corrected chi connectivity index (χ3v) is 6.98. The number of piperidine rings is 1. The first kappa shape index (κ1) is 19.5. The summed E-state index contributed by atoms with van der Waals surface area (Å²) < 4.78 is 0. The van der Waals surface area contributed by atoms with Gasteiger partial charge in [0.05, 0.1) is 11.8 Å². The highest BCUT2D eigenvalue weighted by atomic mass is 16.4. The summed E-state index contributed by atoms with van der Waals surface area (Å²) in [7, 11) is 0. The normalized spacial score (nSPS) is 19.4. The number of likely N-dealkylation sites (tertiary alicyclic amines) is 1. The SMILES string of the molecule is Cc1cc(C(=O)O)ccc1-c1ccc([C@H]2CC23CCN(C(=O)c2cnn[nH]2)CC3)cc1. The molecule has 7 nitrogen and oxygen atoms in total. The van der Waals surface area contributed by atoms with Crippen molar-refractivity contribution < 1.29 is 14.7 Å². The molecule has 1 aromatic heterocycles. The Balaban J connectivity index is 1.25. The highest BCUT2D eigenvalue weighted by Gasteiger charge is 2.55. The van der Waals surface area contributed by atoms with E-state index >= 15 is 0 Å². The maximum atomic E-state index is 12.5. The zero-order valence-electron chi connectivity index (χ0n) is 17.3. The van der Waals surface area contributed by atoms with Crippen molar-refractivity contribution in [3.8, 4) is 11.1 Å². The molecule has 1 aliphatic carbocycles. The van der Waals surface area contributed by atoms with Gasteiger partial charge >= 0.3 is 5.97 Å². The maximum absolute atomic E-state index is 12.5. The molecule has 158 valence electrons. The van der Waals surface area contributed by atoms with Crippen LogP contribution in [-0.2, 0) is 0 Å². The van der Waals surface area contributed by atoms with E-state index < -0.39 is 5.97 Å². The van der Waals surface area contributed by atoms with Crippen molar-refractivity contribution in [2.45, 2.75) is 32.1 Å². The fourth-order valence-corrected chi connectivity index (χ4v) is 5.01. The standard InChI is InChI=1S/C24H24N4O3/c1-15-12-18(23(30)31)6-7-19(15)16-2-4-17(5-3-16)20-13-24(20)8-10-28(11-9-24)22(29)21-14-25-27-26-21/h2-7,12,14,20H,8-11,13H2,1H3,(H,30,31)(H,25,26,27)/t20-/m1/s1. The predicted octanol–water partition coefficient (Wildman–Crippen LogP) is 3.89. The number of aromatic nitrogens is 3. The summed E-state index contributed by atoms with van der Waals surface area (Å²) in [6.45, 7) is 3.48. The number of carboxylic acid groups (broad SMARTS) is 1. The van der Waals surface area contributed by atoms with Crippen LogP contribution in [0.25, 0.3) is 11.1 Å². The molecule has 2 fully saturated rings. The third kappa shape index (κ3) is 3.50. The van der Waals surface area contributed by atoms with Crippen molar-refractivity contribution in [3.63, 3.8) is 0 Å². The first-order valence-corrected chi connectivity index (χ1v) is 10.6. The Morgan fingerprint density at radius 2 is 1.87 bits per heavy atom. The van der Waals surface area contributed by atoms with Crippen molar-refractivity contribution in [1.29, 1.82) is 0 Å². The van der Waals surface area contributed by atoms with Gasteiger partial charge in [0.15, 0.2) is 0 Å². The van der Waals surface area contributed by atoms with Crippen LogP contribution in [0, 0.1) is 12.3 Å². The molecular formula is C24H24N4O3. The molecule has 1 saturated carbocycles. The van der Waals surface area contributed by atoms with E-state index in [0.717, 1.165) is 42.6 Å². The van der Waals surface area contributed by atoms with E-state index in [4.69, 9.17) is 5.11 Å². The second-order valence-corrected chi connectivity index (χ2v) is 8.74. The van der Waals surface area contributed by atoms with Crippen molar-refractivity contribution in [2.75, 3.05) is 13.1 Å². The number of benzene rings is 2. The van der Waals surface area contributed by atoms with Crippen LogP contribution in [0.4, 0.5) is 0 Å². The third-order valence-electron chi connectivity index (χ3n) is 6.98. The number of aryl methyl sites for hydroxylation is 1. The van der Waals surface area contributed by atoms with Crippen molar-refractivity contribution in [1.82, 2.24) is 20.3 Å². The summed E-state index contributed by atoms with van der Waals surface area (Å²) in [6, 6.07) is 13.9. The van der Waals surface area contributed by atoms with Crippen LogP contribution >= 0.6 is 0 Å². The average molecular weight is 416 g/mol.